The van der Waals surface area contributed by atoms with Crippen molar-refractivity contribution in [2.24, 2.45) is 5.10 Å². The van der Waals surface area contributed by atoms with Gasteiger partial charge in [-0.15, -0.1) is 0 Å². The summed E-state index contributed by atoms with van der Waals surface area (Å²) in [6.45, 7) is 0. The number of amides is 1. The van der Waals surface area contributed by atoms with Crippen LogP contribution in [0.15, 0.2) is 94.5 Å². The molecule has 1 N–H and O–H groups in total. The average molecular weight is 508 g/mol. The first-order valence-corrected chi connectivity index (χ1v) is 10.8. The number of ether oxygens (including phenoxy) is 1. The van der Waals surface area contributed by atoms with E-state index in [4.69, 9.17) is 16.3 Å². The van der Waals surface area contributed by atoms with Crippen molar-refractivity contribution in [3.63, 3.8) is 0 Å². The quantitative estimate of drug-likeness (QED) is 0.150. The van der Waals surface area contributed by atoms with Crippen LogP contribution in [0.1, 0.15) is 26.3 Å². The van der Waals surface area contributed by atoms with Gasteiger partial charge in [0.05, 0.1) is 16.8 Å². The number of nitrogens with one attached hydrogen (secondary N) is 1. The van der Waals surface area contributed by atoms with E-state index in [9.17, 15) is 9.59 Å². The summed E-state index contributed by atoms with van der Waals surface area (Å²) in [4.78, 5) is 25.2. The third-order valence-electron chi connectivity index (χ3n) is 4.67. The Kier molecular flexibility index (Phi) is 6.63. The van der Waals surface area contributed by atoms with Crippen molar-refractivity contribution < 1.29 is 14.3 Å². The molecular weight excluding hydrogens is 492 g/mol. The number of halogens is 2. The second-order valence-electron chi connectivity index (χ2n) is 6.78. The van der Waals surface area contributed by atoms with Gasteiger partial charge in [0.2, 0.25) is 0 Å². The SMILES string of the molecule is O=C(Oc1ccc(Br)cc1C=NNC(=O)c1cccc2ccccc12)c1ccccc1Cl. The number of carbonyl (C=O) groups is 2. The molecule has 0 bridgehead atoms. The van der Waals surface area contributed by atoms with Gasteiger partial charge >= 0.3 is 5.97 Å². The summed E-state index contributed by atoms with van der Waals surface area (Å²) >= 11 is 9.48. The van der Waals surface area contributed by atoms with Gasteiger partial charge in [0.15, 0.2) is 0 Å². The molecule has 0 aliphatic rings. The second-order valence-corrected chi connectivity index (χ2v) is 8.10. The molecular formula is C25H16BrClN2O3. The summed E-state index contributed by atoms with van der Waals surface area (Å²) in [6.07, 6.45) is 1.42. The lowest BCUT2D eigenvalue weighted by Gasteiger charge is -2.09. The molecule has 5 nitrogen and oxygen atoms in total. The molecule has 0 heterocycles. The predicted octanol–water partition coefficient (Wildman–Crippen LogP) is 6.24. The Bertz CT molecular complexity index is 1350. The Morgan fingerprint density at radius 2 is 1.62 bits per heavy atom. The Labute approximate surface area is 197 Å². The Morgan fingerprint density at radius 1 is 0.906 bits per heavy atom. The van der Waals surface area contributed by atoms with Crippen LogP contribution in [0.5, 0.6) is 5.75 Å². The molecule has 0 spiro atoms. The van der Waals surface area contributed by atoms with E-state index < -0.39 is 5.97 Å². The molecule has 0 aliphatic heterocycles. The highest BCUT2D eigenvalue weighted by atomic mass is 79.9. The van der Waals surface area contributed by atoms with Gasteiger partial charge < -0.3 is 4.74 Å². The van der Waals surface area contributed by atoms with E-state index >= 15 is 0 Å². The largest absolute Gasteiger partial charge is 0.422 e. The van der Waals surface area contributed by atoms with Gasteiger partial charge in [0.25, 0.3) is 5.91 Å². The van der Waals surface area contributed by atoms with Crippen LogP contribution in [-0.2, 0) is 0 Å². The molecule has 0 atom stereocenters. The van der Waals surface area contributed by atoms with Gasteiger partial charge in [-0.3, -0.25) is 4.79 Å². The third kappa shape index (κ3) is 4.88. The van der Waals surface area contributed by atoms with Crippen molar-refractivity contribution in [1.82, 2.24) is 5.43 Å². The maximum Gasteiger partial charge on any atom is 0.345 e. The van der Waals surface area contributed by atoms with E-state index in [0.29, 0.717) is 16.1 Å². The molecule has 7 heteroatoms. The number of benzene rings is 4. The summed E-state index contributed by atoms with van der Waals surface area (Å²) in [5, 5.41) is 6.16. The fourth-order valence-corrected chi connectivity index (χ4v) is 3.73. The Balaban J connectivity index is 1.54. The van der Waals surface area contributed by atoms with E-state index in [1.807, 2.05) is 36.4 Å². The minimum Gasteiger partial charge on any atom is -0.422 e. The molecule has 0 aliphatic carbocycles. The van der Waals surface area contributed by atoms with Crippen LogP contribution in [0.4, 0.5) is 0 Å². The standard InChI is InChI=1S/C25H16BrClN2O3/c26-18-12-13-23(32-25(31)21-9-3-4-11-22(21)27)17(14-18)15-28-29-24(30)20-10-5-7-16-6-1-2-8-19(16)20/h1-15H,(H,29,30). The van der Waals surface area contributed by atoms with Gasteiger partial charge in [0, 0.05) is 15.6 Å². The zero-order chi connectivity index (χ0) is 22.5. The van der Waals surface area contributed by atoms with E-state index in [1.165, 1.54) is 6.21 Å². The van der Waals surface area contributed by atoms with Crippen molar-refractivity contribution in [3.05, 3.63) is 111 Å². The van der Waals surface area contributed by atoms with Gasteiger partial charge in [-0.25, -0.2) is 10.2 Å². The minimum atomic E-state index is -0.590. The van der Waals surface area contributed by atoms with Crippen LogP contribution in [0.2, 0.25) is 5.02 Å². The molecule has 4 rings (SSSR count). The molecule has 1 amide bonds. The average Bonchev–Trinajstić information content (AvgIpc) is 2.80. The van der Waals surface area contributed by atoms with Gasteiger partial charge in [-0.2, -0.15) is 5.10 Å². The molecule has 0 fully saturated rings. The second kappa shape index (κ2) is 9.77. The van der Waals surface area contributed by atoms with Crippen molar-refractivity contribution in [2.75, 3.05) is 0 Å². The Morgan fingerprint density at radius 3 is 2.47 bits per heavy atom. The summed E-state index contributed by atoms with van der Waals surface area (Å²) in [7, 11) is 0. The molecule has 0 saturated carbocycles. The minimum absolute atomic E-state index is 0.254. The number of carbonyl (C=O) groups excluding carboxylic acids is 2. The zero-order valence-corrected chi connectivity index (χ0v) is 18.9. The van der Waals surface area contributed by atoms with E-state index in [2.05, 4.69) is 26.5 Å². The van der Waals surface area contributed by atoms with Crippen LogP contribution in [-0.4, -0.2) is 18.1 Å². The highest BCUT2D eigenvalue weighted by Gasteiger charge is 2.14. The molecule has 158 valence electrons. The molecule has 0 aromatic heterocycles. The number of hydrogen-bond donors (Lipinski definition) is 1. The lowest BCUT2D eigenvalue weighted by molar-refractivity contribution is 0.0734. The molecule has 4 aromatic carbocycles. The van der Waals surface area contributed by atoms with Crippen molar-refractivity contribution >= 4 is 56.4 Å². The highest BCUT2D eigenvalue weighted by Crippen LogP contribution is 2.24. The van der Waals surface area contributed by atoms with Crippen molar-refractivity contribution in [1.29, 1.82) is 0 Å². The normalized spacial score (nSPS) is 10.9. The van der Waals surface area contributed by atoms with E-state index in [1.54, 1.807) is 48.5 Å². The lowest BCUT2D eigenvalue weighted by Crippen LogP contribution is -2.18. The van der Waals surface area contributed by atoms with Crippen LogP contribution >= 0.6 is 27.5 Å². The highest BCUT2D eigenvalue weighted by molar-refractivity contribution is 9.10. The van der Waals surface area contributed by atoms with Gasteiger partial charge in [0.1, 0.15) is 5.75 Å². The maximum atomic E-state index is 12.7. The van der Waals surface area contributed by atoms with Gasteiger partial charge in [-0.05, 0) is 47.2 Å². The van der Waals surface area contributed by atoms with E-state index in [-0.39, 0.29) is 17.2 Å². The molecule has 0 saturated heterocycles. The monoisotopic (exact) mass is 506 g/mol. The maximum absolute atomic E-state index is 12.7. The van der Waals surface area contributed by atoms with Crippen molar-refractivity contribution in [3.8, 4) is 5.75 Å². The Hall–Kier alpha value is -3.48. The smallest absolute Gasteiger partial charge is 0.345 e. The number of hydrazone groups is 1. The van der Waals surface area contributed by atoms with Crippen LogP contribution in [0.25, 0.3) is 10.8 Å². The summed E-state index contributed by atoms with van der Waals surface area (Å²) in [5.41, 5.74) is 3.80. The zero-order valence-electron chi connectivity index (χ0n) is 16.6. The number of fused-ring (bicyclic) bond motifs is 1. The van der Waals surface area contributed by atoms with Crippen molar-refractivity contribution in [2.45, 2.75) is 0 Å². The molecule has 0 radical (unpaired) electrons. The van der Waals surface area contributed by atoms with Crippen LogP contribution in [0, 0.1) is 0 Å². The van der Waals surface area contributed by atoms with E-state index in [0.717, 1.165) is 15.2 Å². The summed E-state index contributed by atoms with van der Waals surface area (Å²) in [6, 6.07) is 24.9. The van der Waals surface area contributed by atoms with Gasteiger partial charge in [-0.1, -0.05) is 76.1 Å². The molecule has 32 heavy (non-hydrogen) atoms. The number of rotatable bonds is 5. The summed E-state index contributed by atoms with van der Waals surface area (Å²) in [5.74, 6) is -0.656. The summed E-state index contributed by atoms with van der Waals surface area (Å²) < 4.78 is 6.28. The van der Waals surface area contributed by atoms with Crippen LogP contribution in [0.3, 0.4) is 0 Å². The number of esters is 1. The first kappa shape index (κ1) is 21.7. The third-order valence-corrected chi connectivity index (χ3v) is 5.50. The molecule has 0 unspecified atom stereocenters. The first-order valence-electron chi connectivity index (χ1n) is 9.60. The predicted molar refractivity (Wildman–Crippen MR) is 130 cm³/mol. The van der Waals surface area contributed by atoms with Crippen LogP contribution < -0.4 is 10.2 Å². The fraction of sp³-hybridized carbons (Fsp3) is 0. The first-order chi connectivity index (χ1) is 15.5. The topological polar surface area (TPSA) is 67.8 Å². The molecule has 4 aromatic rings. The fourth-order valence-electron chi connectivity index (χ4n) is 3.14. The number of nitrogens with zero attached hydrogens (tertiary/aromatic N) is 1. The lowest BCUT2D eigenvalue weighted by atomic mass is 10.0. The number of hydrogen-bond acceptors (Lipinski definition) is 4.